The van der Waals surface area contributed by atoms with Gasteiger partial charge in [-0.05, 0) is 94.5 Å². The first kappa shape index (κ1) is 14.5. The van der Waals surface area contributed by atoms with Gasteiger partial charge in [0, 0.05) is 18.6 Å². The molecular formula is C19H34N2. The van der Waals surface area contributed by atoms with E-state index in [0.717, 1.165) is 29.8 Å². The highest BCUT2D eigenvalue weighted by molar-refractivity contribution is 5.05. The lowest BCUT2D eigenvalue weighted by Gasteiger charge is -2.59. The largest absolute Gasteiger partial charge is 0.310 e. The van der Waals surface area contributed by atoms with Gasteiger partial charge in [-0.15, -0.1) is 0 Å². The Hall–Kier alpha value is -0.0800. The van der Waals surface area contributed by atoms with Crippen molar-refractivity contribution in [2.75, 3.05) is 19.6 Å². The Morgan fingerprint density at radius 3 is 2.29 bits per heavy atom. The topological polar surface area (TPSA) is 15.3 Å². The summed E-state index contributed by atoms with van der Waals surface area (Å²) in [5.74, 6) is 3.25. The van der Waals surface area contributed by atoms with E-state index in [1.165, 1.54) is 32.5 Å². The lowest BCUT2D eigenvalue weighted by molar-refractivity contribution is -0.0732. The summed E-state index contributed by atoms with van der Waals surface area (Å²) in [5, 5.41) is 4.10. The Kier molecular flexibility index (Phi) is 3.82. The molecule has 1 heterocycles. The summed E-state index contributed by atoms with van der Waals surface area (Å²) >= 11 is 0. The molecule has 0 spiro atoms. The monoisotopic (exact) mass is 290 g/mol. The Balaban J connectivity index is 1.41. The van der Waals surface area contributed by atoms with Gasteiger partial charge < -0.3 is 10.2 Å². The summed E-state index contributed by atoms with van der Waals surface area (Å²) in [6.07, 6.45) is 12.1. The molecule has 2 heteroatoms. The van der Waals surface area contributed by atoms with E-state index in [-0.39, 0.29) is 0 Å². The molecule has 1 N–H and O–H groups in total. The highest BCUT2D eigenvalue weighted by Gasteiger charge is 2.53. The van der Waals surface area contributed by atoms with Gasteiger partial charge in [0.15, 0.2) is 0 Å². The normalized spacial score (nSPS) is 47.7. The second-order valence-corrected chi connectivity index (χ2v) is 8.90. The number of nitrogens with one attached hydrogen (secondary N) is 1. The van der Waals surface area contributed by atoms with Crippen molar-refractivity contribution in [2.24, 2.45) is 23.2 Å². The van der Waals surface area contributed by atoms with E-state index in [0.29, 0.717) is 5.41 Å². The van der Waals surface area contributed by atoms with E-state index in [2.05, 4.69) is 24.1 Å². The Labute approximate surface area is 131 Å². The predicted molar refractivity (Wildman–Crippen MR) is 88.3 cm³/mol. The van der Waals surface area contributed by atoms with Gasteiger partial charge in [0.25, 0.3) is 0 Å². The van der Waals surface area contributed by atoms with Crippen LogP contribution >= 0.6 is 0 Å². The first-order valence-corrected chi connectivity index (χ1v) is 9.65. The smallest absolute Gasteiger partial charge is 0.0198 e. The van der Waals surface area contributed by atoms with E-state index in [4.69, 9.17) is 0 Å². The average molecular weight is 290 g/mol. The number of nitrogens with zero attached hydrogens (tertiary/aromatic N) is 1. The molecule has 0 aromatic rings. The maximum atomic E-state index is 4.10. The zero-order valence-electron chi connectivity index (χ0n) is 14.1. The number of rotatable bonds is 4. The molecule has 0 radical (unpaired) electrons. The van der Waals surface area contributed by atoms with Gasteiger partial charge in [-0.25, -0.2) is 0 Å². The summed E-state index contributed by atoms with van der Waals surface area (Å²) in [6.45, 7) is 8.67. The average Bonchev–Trinajstić information content (AvgIpc) is 2.46. The van der Waals surface area contributed by atoms with Crippen LogP contribution in [0.1, 0.15) is 65.2 Å². The quantitative estimate of drug-likeness (QED) is 0.850. The Morgan fingerprint density at radius 2 is 1.71 bits per heavy atom. The lowest BCUT2D eigenvalue weighted by Crippen LogP contribution is -2.58. The zero-order valence-corrected chi connectivity index (χ0v) is 14.1. The fraction of sp³-hybridized carbons (Fsp3) is 1.00. The van der Waals surface area contributed by atoms with E-state index >= 15 is 0 Å². The molecule has 5 rings (SSSR count). The van der Waals surface area contributed by atoms with Crippen molar-refractivity contribution in [3.05, 3.63) is 0 Å². The highest BCUT2D eigenvalue weighted by Crippen LogP contribution is 2.61. The van der Waals surface area contributed by atoms with Crippen LogP contribution in [-0.4, -0.2) is 36.6 Å². The van der Waals surface area contributed by atoms with Crippen LogP contribution in [0.15, 0.2) is 0 Å². The highest BCUT2D eigenvalue weighted by atomic mass is 15.2. The molecule has 1 saturated heterocycles. The zero-order chi connectivity index (χ0) is 14.4. The van der Waals surface area contributed by atoms with Crippen LogP contribution in [-0.2, 0) is 0 Å². The lowest BCUT2D eigenvalue weighted by atomic mass is 9.48. The van der Waals surface area contributed by atoms with Crippen LogP contribution in [0.2, 0.25) is 0 Å². The molecule has 0 amide bonds. The van der Waals surface area contributed by atoms with Gasteiger partial charge in [-0.2, -0.15) is 0 Å². The third-order valence-electron chi connectivity index (χ3n) is 7.44. The van der Waals surface area contributed by atoms with Crippen molar-refractivity contribution < 1.29 is 0 Å². The molecule has 21 heavy (non-hydrogen) atoms. The van der Waals surface area contributed by atoms with Crippen LogP contribution in [0.5, 0.6) is 0 Å². The first-order valence-electron chi connectivity index (χ1n) is 9.65. The molecule has 2 nitrogen and oxygen atoms in total. The summed E-state index contributed by atoms with van der Waals surface area (Å²) < 4.78 is 0. The molecule has 2 unspecified atom stereocenters. The number of piperidine rings is 1. The van der Waals surface area contributed by atoms with E-state index in [9.17, 15) is 0 Å². The van der Waals surface area contributed by atoms with E-state index < -0.39 is 0 Å². The van der Waals surface area contributed by atoms with E-state index in [1.807, 2.05) is 0 Å². The Morgan fingerprint density at radius 1 is 1.10 bits per heavy atom. The minimum atomic E-state index is 0.670. The van der Waals surface area contributed by atoms with Gasteiger partial charge in [-0.3, -0.25) is 0 Å². The third kappa shape index (κ3) is 2.67. The molecular weight excluding hydrogens is 256 g/mol. The van der Waals surface area contributed by atoms with Crippen LogP contribution in [0.3, 0.4) is 0 Å². The molecule has 5 fully saturated rings. The van der Waals surface area contributed by atoms with Crippen molar-refractivity contribution in [3.8, 4) is 0 Å². The van der Waals surface area contributed by atoms with Crippen LogP contribution in [0.4, 0.5) is 0 Å². The van der Waals surface area contributed by atoms with Crippen molar-refractivity contribution in [2.45, 2.75) is 77.3 Å². The molecule has 5 aliphatic rings. The molecule has 4 aliphatic carbocycles. The fourth-order valence-electron chi connectivity index (χ4n) is 6.72. The molecule has 120 valence electrons. The first-order chi connectivity index (χ1) is 10.2. The van der Waals surface area contributed by atoms with Gasteiger partial charge >= 0.3 is 0 Å². The van der Waals surface area contributed by atoms with Crippen LogP contribution in [0, 0.1) is 23.2 Å². The molecule has 1 aliphatic heterocycles. The third-order valence-corrected chi connectivity index (χ3v) is 7.44. The van der Waals surface area contributed by atoms with Crippen LogP contribution in [0.25, 0.3) is 0 Å². The maximum absolute atomic E-state index is 4.10. The fourth-order valence-corrected chi connectivity index (χ4v) is 6.72. The molecule has 4 saturated carbocycles. The molecule has 0 aromatic heterocycles. The summed E-state index contributed by atoms with van der Waals surface area (Å²) in [7, 11) is 0. The summed E-state index contributed by atoms with van der Waals surface area (Å²) in [6, 6.07) is 1.49. The van der Waals surface area contributed by atoms with Crippen molar-refractivity contribution in [1.82, 2.24) is 10.2 Å². The molecule has 0 aromatic carbocycles. The number of likely N-dealkylation sites (tertiary alicyclic amines) is 1. The Bertz CT molecular complexity index is 342. The van der Waals surface area contributed by atoms with Crippen molar-refractivity contribution in [1.29, 1.82) is 0 Å². The van der Waals surface area contributed by atoms with Gasteiger partial charge in [0.05, 0.1) is 0 Å². The van der Waals surface area contributed by atoms with Gasteiger partial charge in [-0.1, -0.05) is 6.92 Å². The predicted octanol–water partition coefficient (Wildman–Crippen LogP) is 3.67. The summed E-state index contributed by atoms with van der Waals surface area (Å²) in [5.41, 5.74) is 0.670. The maximum Gasteiger partial charge on any atom is 0.0198 e. The second-order valence-electron chi connectivity index (χ2n) is 8.90. The minimum Gasteiger partial charge on any atom is -0.310 e. The minimum absolute atomic E-state index is 0.670. The van der Waals surface area contributed by atoms with Crippen LogP contribution < -0.4 is 5.32 Å². The van der Waals surface area contributed by atoms with Crippen molar-refractivity contribution >= 4 is 0 Å². The second kappa shape index (κ2) is 5.53. The molecule has 2 atom stereocenters. The number of hydrogen-bond donors (Lipinski definition) is 1. The number of likely N-dealkylation sites (N-methyl/N-ethyl adjacent to an activating group) is 1. The van der Waals surface area contributed by atoms with Crippen molar-refractivity contribution in [3.63, 3.8) is 0 Å². The summed E-state index contributed by atoms with van der Waals surface area (Å²) in [4.78, 5) is 2.63. The SMILES string of the molecule is CCN1CCCC(NC(C)C23CC4CC(CC(C4)C2)C3)C1. The molecule has 4 bridgehead atoms. The number of hydrogen-bond acceptors (Lipinski definition) is 2. The van der Waals surface area contributed by atoms with E-state index in [1.54, 1.807) is 38.5 Å². The standard InChI is InChI=1S/C19H34N2/c1-3-21-6-4-5-18(13-21)20-14(2)19-10-15-7-16(11-19)9-17(8-15)12-19/h14-18,20H,3-13H2,1-2H3. The van der Waals surface area contributed by atoms with Gasteiger partial charge in [0.1, 0.15) is 0 Å². The van der Waals surface area contributed by atoms with Gasteiger partial charge in [0.2, 0.25) is 0 Å².